The number of benzene rings is 2. The van der Waals surface area contributed by atoms with E-state index in [1.54, 1.807) is 49.8 Å². The zero-order valence-corrected chi connectivity index (χ0v) is 19.2. The van der Waals surface area contributed by atoms with E-state index in [1.807, 2.05) is 31.2 Å². The number of rotatable bonds is 7. The molecule has 8 heteroatoms. The Morgan fingerprint density at radius 3 is 2.69 bits per heavy atom. The van der Waals surface area contributed by atoms with Gasteiger partial charge in [-0.15, -0.1) is 0 Å². The first-order valence-electron chi connectivity index (χ1n) is 9.89. The molecule has 1 amide bonds. The molecule has 0 saturated carbocycles. The predicted octanol–water partition coefficient (Wildman–Crippen LogP) is 5.81. The number of amides is 1. The van der Waals surface area contributed by atoms with Gasteiger partial charge in [-0.1, -0.05) is 41.1 Å². The minimum absolute atomic E-state index is 0.260. The van der Waals surface area contributed by atoms with E-state index in [-0.39, 0.29) is 11.6 Å². The Hall–Kier alpha value is -3.16. The summed E-state index contributed by atoms with van der Waals surface area (Å²) in [5, 5.41) is 0.954. The van der Waals surface area contributed by atoms with Crippen molar-refractivity contribution in [3.8, 4) is 11.5 Å². The van der Waals surface area contributed by atoms with Gasteiger partial charge in [-0.25, -0.2) is 4.99 Å². The van der Waals surface area contributed by atoms with Crippen molar-refractivity contribution in [3.63, 3.8) is 0 Å². The molecule has 0 aliphatic carbocycles. The number of furan rings is 1. The van der Waals surface area contributed by atoms with Crippen LogP contribution in [-0.4, -0.2) is 30.5 Å². The summed E-state index contributed by atoms with van der Waals surface area (Å²) >= 11 is 7.73. The Kier molecular flexibility index (Phi) is 6.87. The Bertz CT molecular complexity index is 1160. The molecule has 0 atom stereocenters. The van der Waals surface area contributed by atoms with Crippen LogP contribution in [-0.2, 0) is 4.79 Å². The molecule has 2 aromatic carbocycles. The summed E-state index contributed by atoms with van der Waals surface area (Å²) in [6, 6.07) is 16.6. The van der Waals surface area contributed by atoms with E-state index < -0.39 is 0 Å². The van der Waals surface area contributed by atoms with E-state index in [0.29, 0.717) is 39.7 Å². The quantitative estimate of drug-likeness (QED) is 0.323. The van der Waals surface area contributed by atoms with Crippen LogP contribution in [0.1, 0.15) is 11.3 Å². The van der Waals surface area contributed by atoms with Crippen molar-refractivity contribution in [2.45, 2.75) is 6.92 Å². The number of hydrogen-bond donors (Lipinski definition) is 0. The molecule has 2 heterocycles. The molecule has 1 aliphatic heterocycles. The van der Waals surface area contributed by atoms with Crippen molar-refractivity contribution in [3.05, 3.63) is 82.9 Å². The predicted molar refractivity (Wildman–Crippen MR) is 129 cm³/mol. The molecule has 0 N–H and O–H groups in total. The van der Waals surface area contributed by atoms with Gasteiger partial charge < -0.3 is 13.9 Å². The van der Waals surface area contributed by atoms with Crippen LogP contribution in [0.4, 0.5) is 5.69 Å². The van der Waals surface area contributed by atoms with E-state index >= 15 is 0 Å². The van der Waals surface area contributed by atoms with Gasteiger partial charge >= 0.3 is 0 Å². The normalized spacial score (nSPS) is 14.7. The molecule has 0 unspecified atom stereocenters. The zero-order chi connectivity index (χ0) is 22.5. The van der Waals surface area contributed by atoms with Crippen LogP contribution in [0.3, 0.4) is 0 Å². The van der Waals surface area contributed by atoms with Gasteiger partial charge in [0.15, 0.2) is 5.17 Å². The summed E-state index contributed by atoms with van der Waals surface area (Å²) in [5.74, 6) is 2.24. The highest BCUT2D eigenvalue weighted by Gasteiger charge is 2.32. The molecule has 1 aromatic heterocycles. The molecular formula is C24H21ClN2O4S. The molecule has 164 valence electrons. The number of aryl methyl sites for hydroxylation is 1. The number of aliphatic imine (C=N–C) groups is 1. The lowest BCUT2D eigenvalue weighted by molar-refractivity contribution is -0.113. The lowest BCUT2D eigenvalue weighted by atomic mass is 10.2. The fraction of sp³-hybridized carbons (Fsp3) is 0.167. The van der Waals surface area contributed by atoms with Crippen LogP contribution in [0.2, 0.25) is 5.02 Å². The third-order valence-electron chi connectivity index (χ3n) is 4.65. The SMILES string of the molecule is COc1ccc(N2C(=O)/C(=C/c3ccco3)N=C2SCCOc2ccc(C)cc2)cc1Cl. The summed E-state index contributed by atoms with van der Waals surface area (Å²) in [6.07, 6.45) is 3.17. The maximum absolute atomic E-state index is 13.2. The lowest BCUT2D eigenvalue weighted by Crippen LogP contribution is -2.30. The molecule has 1 aliphatic rings. The van der Waals surface area contributed by atoms with E-state index in [4.69, 9.17) is 25.5 Å². The van der Waals surface area contributed by atoms with Gasteiger partial charge in [-0.2, -0.15) is 0 Å². The van der Waals surface area contributed by atoms with E-state index in [9.17, 15) is 4.79 Å². The maximum atomic E-state index is 13.2. The van der Waals surface area contributed by atoms with Gasteiger partial charge in [-0.05, 0) is 49.4 Å². The highest BCUT2D eigenvalue weighted by atomic mass is 35.5. The van der Waals surface area contributed by atoms with Crippen molar-refractivity contribution in [2.75, 3.05) is 24.4 Å². The van der Waals surface area contributed by atoms with Gasteiger partial charge in [0.25, 0.3) is 5.91 Å². The average molecular weight is 469 g/mol. The van der Waals surface area contributed by atoms with Gasteiger partial charge in [0, 0.05) is 11.8 Å². The Balaban J connectivity index is 1.53. The topological polar surface area (TPSA) is 64.3 Å². The lowest BCUT2D eigenvalue weighted by Gasteiger charge is -2.18. The fourth-order valence-electron chi connectivity index (χ4n) is 3.05. The van der Waals surface area contributed by atoms with Crippen LogP contribution in [0.5, 0.6) is 11.5 Å². The van der Waals surface area contributed by atoms with Gasteiger partial charge in [0.2, 0.25) is 0 Å². The third-order valence-corrected chi connectivity index (χ3v) is 5.85. The molecule has 0 radical (unpaired) electrons. The first-order valence-corrected chi connectivity index (χ1v) is 11.3. The third kappa shape index (κ3) is 5.00. The number of amidine groups is 1. The number of ether oxygens (including phenoxy) is 2. The van der Waals surface area contributed by atoms with Crippen LogP contribution in [0, 0.1) is 6.92 Å². The molecule has 3 aromatic rings. The monoisotopic (exact) mass is 468 g/mol. The second kappa shape index (κ2) is 9.97. The molecular weight excluding hydrogens is 448 g/mol. The van der Waals surface area contributed by atoms with Crippen LogP contribution in [0.25, 0.3) is 6.08 Å². The summed E-state index contributed by atoms with van der Waals surface area (Å²) < 4.78 is 16.4. The van der Waals surface area contributed by atoms with E-state index in [2.05, 4.69) is 4.99 Å². The molecule has 6 nitrogen and oxygen atoms in total. The van der Waals surface area contributed by atoms with Crippen molar-refractivity contribution in [2.24, 2.45) is 4.99 Å². The molecule has 32 heavy (non-hydrogen) atoms. The number of anilines is 1. The first kappa shape index (κ1) is 22.0. The number of nitrogens with zero attached hydrogens (tertiary/aromatic N) is 2. The second-order valence-corrected chi connectivity index (χ2v) is 8.38. The number of carbonyl (C=O) groups excluding carboxylic acids is 1. The first-order chi connectivity index (χ1) is 15.5. The Morgan fingerprint density at radius 1 is 1.19 bits per heavy atom. The largest absolute Gasteiger partial charge is 0.495 e. The van der Waals surface area contributed by atoms with Crippen molar-refractivity contribution < 1.29 is 18.7 Å². The standard InChI is InChI=1S/C24H21ClN2O4S/c1-16-5-8-18(9-6-16)31-12-13-32-24-26-21(15-19-4-3-11-30-19)23(28)27(24)17-7-10-22(29-2)20(25)14-17/h3-11,14-15H,12-13H2,1-2H3/b21-15-. The van der Waals surface area contributed by atoms with Crippen molar-refractivity contribution >= 4 is 46.2 Å². The zero-order valence-electron chi connectivity index (χ0n) is 17.6. The minimum atomic E-state index is -0.260. The van der Waals surface area contributed by atoms with Gasteiger partial charge in [0.05, 0.1) is 30.7 Å². The minimum Gasteiger partial charge on any atom is -0.495 e. The van der Waals surface area contributed by atoms with Gasteiger partial charge in [-0.3, -0.25) is 9.69 Å². The molecule has 0 saturated heterocycles. The second-order valence-electron chi connectivity index (χ2n) is 6.91. The van der Waals surface area contributed by atoms with Crippen molar-refractivity contribution in [1.29, 1.82) is 0 Å². The van der Waals surface area contributed by atoms with Crippen molar-refractivity contribution in [1.82, 2.24) is 0 Å². The number of carbonyl (C=O) groups is 1. The van der Waals surface area contributed by atoms with Crippen LogP contribution < -0.4 is 14.4 Å². The highest BCUT2D eigenvalue weighted by molar-refractivity contribution is 8.14. The smallest absolute Gasteiger partial charge is 0.283 e. The number of thioether (sulfide) groups is 1. The molecule has 4 rings (SSSR count). The number of halogens is 1. The number of methoxy groups -OCH3 is 1. The molecule has 0 bridgehead atoms. The van der Waals surface area contributed by atoms with Gasteiger partial charge in [0.1, 0.15) is 23.0 Å². The summed E-state index contributed by atoms with van der Waals surface area (Å²) in [7, 11) is 1.54. The summed E-state index contributed by atoms with van der Waals surface area (Å²) in [6.45, 7) is 2.50. The number of hydrogen-bond acceptors (Lipinski definition) is 6. The van der Waals surface area contributed by atoms with E-state index in [1.165, 1.54) is 22.2 Å². The Labute approximate surface area is 195 Å². The summed E-state index contributed by atoms with van der Waals surface area (Å²) in [4.78, 5) is 19.3. The van der Waals surface area contributed by atoms with E-state index in [0.717, 1.165) is 5.75 Å². The molecule has 0 spiro atoms. The van der Waals surface area contributed by atoms with Crippen LogP contribution >= 0.6 is 23.4 Å². The molecule has 0 fully saturated rings. The summed E-state index contributed by atoms with van der Waals surface area (Å²) in [5.41, 5.74) is 2.07. The Morgan fingerprint density at radius 2 is 2.00 bits per heavy atom. The van der Waals surface area contributed by atoms with Crippen LogP contribution in [0.15, 0.2) is 76.0 Å². The fourth-order valence-corrected chi connectivity index (χ4v) is 4.13. The average Bonchev–Trinajstić information content (AvgIpc) is 3.41. The highest BCUT2D eigenvalue weighted by Crippen LogP contribution is 2.34. The maximum Gasteiger partial charge on any atom is 0.283 e.